The van der Waals surface area contributed by atoms with Gasteiger partial charge in [-0.15, -0.1) is 0 Å². The molecule has 0 aromatic carbocycles. The van der Waals surface area contributed by atoms with Crippen molar-refractivity contribution in [3.05, 3.63) is 0 Å². The van der Waals surface area contributed by atoms with Gasteiger partial charge in [-0.05, 0) is 51.2 Å². The molecule has 2 fully saturated rings. The Hall–Kier alpha value is -0.120. The zero-order valence-corrected chi connectivity index (χ0v) is 10.6. The zero-order valence-electron chi connectivity index (χ0n) is 10.6. The maximum atomic E-state index is 5.72. The summed E-state index contributed by atoms with van der Waals surface area (Å²) in [5.41, 5.74) is 0. The molecule has 2 aliphatic heterocycles. The first-order chi connectivity index (χ1) is 7.88. The quantitative estimate of drug-likeness (QED) is 0.768. The van der Waals surface area contributed by atoms with Gasteiger partial charge in [-0.1, -0.05) is 6.92 Å². The van der Waals surface area contributed by atoms with Crippen molar-refractivity contribution >= 4 is 0 Å². The molecule has 2 rings (SSSR count). The van der Waals surface area contributed by atoms with Gasteiger partial charge in [-0.25, -0.2) is 0 Å². The van der Waals surface area contributed by atoms with Gasteiger partial charge in [0.25, 0.3) is 0 Å². The molecule has 2 aliphatic rings. The summed E-state index contributed by atoms with van der Waals surface area (Å²) in [6.45, 7) is 9.28. The third-order valence-electron chi connectivity index (χ3n) is 3.91. The topological polar surface area (TPSA) is 24.5 Å². The maximum Gasteiger partial charge on any atom is 0.0702 e. The first kappa shape index (κ1) is 12.3. The molecule has 2 saturated heterocycles. The predicted octanol–water partition coefficient (Wildman–Crippen LogP) is 1.49. The van der Waals surface area contributed by atoms with Crippen LogP contribution in [-0.2, 0) is 4.74 Å². The van der Waals surface area contributed by atoms with Crippen LogP contribution in [0.1, 0.15) is 32.6 Å². The standard InChI is InChI=1S/C13H26N2O/c1-2-15(11-13-4-3-9-16-13)10-12-5-7-14-8-6-12/h12-14H,2-11H2,1H3. The SMILES string of the molecule is CCN(CC1CCNCC1)CC1CCCO1. The summed E-state index contributed by atoms with van der Waals surface area (Å²) >= 11 is 0. The van der Waals surface area contributed by atoms with E-state index >= 15 is 0 Å². The molecule has 0 aliphatic carbocycles. The highest BCUT2D eigenvalue weighted by Crippen LogP contribution is 2.17. The van der Waals surface area contributed by atoms with Crippen LogP contribution < -0.4 is 5.32 Å². The van der Waals surface area contributed by atoms with Gasteiger partial charge in [-0.3, -0.25) is 0 Å². The Bertz CT molecular complexity index is 186. The van der Waals surface area contributed by atoms with Crippen LogP contribution in [-0.4, -0.2) is 50.3 Å². The number of ether oxygens (including phenoxy) is 1. The zero-order chi connectivity index (χ0) is 11.2. The van der Waals surface area contributed by atoms with Crippen LogP contribution >= 0.6 is 0 Å². The summed E-state index contributed by atoms with van der Waals surface area (Å²) in [5.74, 6) is 0.905. The lowest BCUT2D eigenvalue weighted by molar-refractivity contribution is 0.0673. The first-order valence-electron chi connectivity index (χ1n) is 6.93. The third-order valence-corrected chi connectivity index (χ3v) is 3.91. The van der Waals surface area contributed by atoms with Crippen molar-refractivity contribution < 1.29 is 4.74 Å². The number of likely N-dealkylation sites (N-methyl/N-ethyl adjacent to an activating group) is 1. The number of nitrogens with one attached hydrogen (secondary N) is 1. The number of rotatable bonds is 5. The fourth-order valence-electron chi connectivity index (χ4n) is 2.84. The lowest BCUT2D eigenvalue weighted by atomic mass is 9.97. The summed E-state index contributed by atoms with van der Waals surface area (Å²) in [6, 6.07) is 0. The summed E-state index contributed by atoms with van der Waals surface area (Å²) < 4.78 is 5.72. The van der Waals surface area contributed by atoms with E-state index in [1.807, 2.05) is 0 Å². The molecule has 1 unspecified atom stereocenters. The van der Waals surface area contributed by atoms with Crippen LogP contribution in [0, 0.1) is 5.92 Å². The molecule has 0 spiro atoms. The number of hydrogen-bond acceptors (Lipinski definition) is 3. The van der Waals surface area contributed by atoms with Crippen molar-refractivity contribution in [2.75, 3.05) is 39.3 Å². The molecule has 94 valence electrons. The molecule has 1 atom stereocenters. The van der Waals surface area contributed by atoms with E-state index in [9.17, 15) is 0 Å². The highest BCUT2D eigenvalue weighted by molar-refractivity contribution is 4.75. The fourth-order valence-corrected chi connectivity index (χ4v) is 2.84. The molecule has 3 nitrogen and oxygen atoms in total. The summed E-state index contributed by atoms with van der Waals surface area (Å²) in [7, 11) is 0. The highest BCUT2D eigenvalue weighted by atomic mass is 16.5. The molecule has 0 amide bonds. The minimum Gasteiger partial charge on any atom is -0.377 e. The van der Waals surface area contributed by atoms with E-state index in [1.165, 1.54) is 51.9 Å². The Balaban J connectivity index is 1.70. The van der Waals surface area contributed by atoms with Gasteiger partial charge in [0.05, 0.1) is 6.10 Å². The van der Waals surface area contributed by atoms with Gasteiger partial charge in [0.1, 0.15) is 0 Å². The second-order valence-electron chi connectivity index (χ2n) is 5.18. The second-order valence-corrected chi connectivity index (χ2v) is 5.18. The van der Waals surface area contributed by atoms with E-state index in [0.717, 1.165) is 19.1 Å². The summed E-state index contributed by atoms with van der Waals surface area (Å²) in [4.78, 5) is 2.59. The van der Waals surface area contributed by atoms with E-state index in [2.05, 4.69) is 17.1 Å². The molecule has 1 N–H and O–H groups in total. The van der Waals surface area contributed by atoms with Crippen molar-refractivity contribution in [3.63, 3.8) is 0 Å². The lowest BCUT2D eigenvalue weighted by Gasteiger charge is -2.30. The smallest absolute Gasteiger partial charge is 0.0702 e. The first-order valence-corrected chi connectivity index (χ1v) is 6.93. The van der Waals surface area contributed by atoms with Gasteiger partial charge in [0, 0.05) is 19.7 Å². The highest BCUT2D eigenvalue weighted by Gasteiger charge is 2.21. The van der Waals surface area contributed by atoms with Crippen molar-refractivity contribution in [1.82, 2.24) is 10.2 Å². The molecule has 0 radical (unpaired) electrons. The monoisotopic (exact) mass is 226 g/mol. The molecule has 2 heterocycles. The Morgan fingerprint density at radius 3 is 2.62 bits per heavy atom. The van der Waals surface area contributed by atoms with Crippen LogP contribution in [0.25, 0.3) is 0 Å². The molecule has 16 heavy (non-hydrogen) atoms. The third kappa shape index (κ3) is 3.72. The maximum absolute atomic E-state index is 5.72. The van der Waals surface area contributed by atoms with Crippen molar-refractivity contribution in [2.45, 2.75) is 38.7 Å². The van der Waals surface area contributed by atoms with Crippen LogP contribution in [0.3, 0.4) is 0 Å². The lowest BCUT2D eigenvalue weighted by Crippen LogP contribution is -2.39. The van der Waals surface area contributed by atoms with E-state index < -0.39 is 0 Å². The number of nitrogens with zero attached hydrogens (tertiary/aromatic N) is 1. The van der Waals surface area contributed by atoms with Gasteiger partial charge < -0.3 is 15.0 Å². The van der Waals surface area contributed by atoms with E-state index in [1.54, 1.807) is 0 Å². The average molecular weight is 226 g/mol. The molecule has 0 aromatic rings. The van der Waals surface area contributed by atoms with E-state index in [4.69, 9.17) is 4.74 Å². The van der Waals surface area contributed by atoms with Crippen LogP contribution in [0.15, 0.2) is 0 Å². The van der Waals surface area contributed by atoms with E-state index in [0.29, 0.717) is 6.10 Å². The van der Waals surface area contributed by atoms with Crippen LogP contribution in [0.4, 0.5) is 0 Å². The summed E-state index contributed by atoms with van der Waals surface area (Å²) in [5, 5.41) is 3.44. The van der Waals surface area contributed by atoms with Crippen LogP contribution in [0.2, 0.25) is 0 Å². The molecule has 3 heteroatoms. The van der Waals surface area contributed by atoms with Crippen molar-refractivity contribution in [1.29, 1.82) is 0 Å². The Labute approximate surface area is 99.5 Å². The Morgan fingerprint density at radius 2 is 2.00 bits per heavy atom. The number of hydrogen-bond donors (Lipinski definition) is 1. The molecular weight excluding hydrogens is 200 g/mol. The molecular formula is C13H26N2O. The fraction of sp³-hybridized carbons (Fsp3) is 1.00. The minimum atomic E-state index is 0.515. The van der Waals surface area contributed by atoms with Gasteiger partial charge >= 0.3 is 0 Å². The summed E-state index contributed by atoms with van der Waals surface area (Å²) in [6.07, 6.45) is 5.74. The van der Waals surface area contributed by atoms with Gasteiger partial charge in [0.15, 0.2) is 0 Å². The predicted molar refractivity (Wildman–Crippen MR) is 66.7 cm³/mol. The van der Waals surface area contributed by atoms with E-state index in [-0.39, 0.29) is 0 Å². The minimum absolute atomic E-state index is 0.515. The Kier molecular flexibility index (Phi) is 5.07. The average Bonchev–Trinajstić information content (AvgIpc) is 2.82. The molecule has 0 saturated carbocycles. The largest absolute Gasteiger partial charge is 0.377 e. The molecule has 0 bridgehead atoms. The van der Waals surface area contributed by atoms with Crippen molar-refractivity contribution in [2.24, 2.45) is 5.92 Å². The molecule has 0 aromatic heterocycles. The van der Waals surface area contributed by atoms with Crippen molar-refractivity contribution in [3.8, 4) is 0 Å². The normalized spacial score (nSPS) is 27.8. The second kappa shape index (κ2) is 6.58. The van der Waals surface area contributed by atoms with Crippen LogP contribution in [0.5, 0.6) is 0 Å². The van der Waals surface area contributed by atoms with Gasteiger partial charge in [-0.2, -0.15) is 0 Å². The Morgan fingerprint density at radius 1 is 1.19 bits per heavy atom. The van der Waals surface area contributed by atoms with Gasteiger partial charge in [0.2, 0.25) is 0 Å². The number of piperidine rings is 1.